The van der Waals surface area contributed by atoms with Gasteiger partial charge >= 0.3 is 0 Å². The lowest BCUT2D eigenvalue weighted by Gasteiger charge is -2.43. The van der Waals surface area contributed by atoms with Crippen molar-refractivity contribution in [2.45, 2.75) is 70.3 Å². The van der Waals surface area contributed by atoms with Crippen molar-refractivity contribution in [3.05, 3.63) is 114 Å². The molecule has 41 heavy (non-hydrogen) atoms. The predicted molar refractivity (Wildman–Crippen MR) is 159 cm³/mol. The van der Waals surface area contributed by atoms with Crippen LogP contribution in [0.1, 0.15) is 77.6 Å². The summed E-state index contributed by atoms with van der Waals surface area (Å²) in [6.07, 6.45) is 9.50. The first-order valence-corrected chi connectivity index (χ1v) is 14.7. The first kappa shape index (κ1) is 29.1. The molecule has 2 aliphatic rings. The molecule has 0 unspecified atom stereocenters. The van der Waals surface area contributed by atoms with Crippen molar-refractivity contribution in [3.63, 3.8) is 0 Å². The third-order valence-corrected chi connectivity index (χ3v) is 8.37. The molecule has 7 heteroatoms. The average molecular weight is 556 g/mol. The van der Waals surface area contributed by atoms with E-state index in [-0.39, 0.29) is 30.6 Å². The third-order valence-electron chi connectivity index (χ3n) is 8.37. The van der Waals surface area contributed by atoms with E-state index in [4.69, 9.17) is 9.47 Å². The van der Waals surface area contributed by atoms with Crippen molar-refractivity contribution in [1.29, 1.82) is 0 Å². The van der Waals surface area contributed by atoms with E-state index in [9.17, 15) is 9.90 Å². The van der Waals surface area contributed by atoms with Crippen LogP contribution in [0.5, 0.6) is 0 Å². The number of aliphatic hydroxyl groups is 1. The number of pyridine rings is 1. The number of rotatable bonds is 11. The minimum Gasteiger partial charge on any atom is -0.392 e. The lowest BCUT2D eigenvalue weighted by Crippen LogP contribution is -2.47. The van der Waals surface area contributed by atoms with E-state index in [1.54, 1.807) is 24.5 Å². The van der Waals surface area contributed by atoms with Gasteiger partial charge in [-0.15, -0.1) is 6.58 Å². The first-order chi connectivity index (χ1) is 20.1. The predicted octanol–water partition coefficient (Wildman–Crippen LogP) is 5.73. The second-order valence-electron chi connectivity index (χ2n) is 11.2. The summed E-state index contributed by atoms with van der Waals surface area (Å²) in [4.78, 5) is 19.0. The van der Waals surface area contributed by atoms with Crippen LogP contribution in [0.2, 0.25) is 0 Å². The highest BCUT2D eigenvalue weighted by atomic mass is 16.7. The van der Waals surface area contributed by atoms with E-state index in [0.29, 0.717) is 18.2 Å². The molecule has 5 rings (SSSR count). The summed E-state index contributed by atoms with van der Waals surface area (Å²) in [5, 5.41) is 12.5. The second-order valence-corrected chi connectivity index (χ2v) is 11.2. The minimum atomic E-state index is -0.521. The number of carbonyl (C=O) groups is 1. The third kappa shape index (κ3) is 7.29. The molecular weight excluding hydrogens is 514 g/mol. The number of hydrogen-bond acceptors (Lipinski definition) is 6. The molecule has 2 aromatic carbocycles. The molecule has 7 nitrogen and oxygen atoms in total. The van der Waals surface area contributed by atoms with Gasteiger partial charge in [0.05, 0.1) is 24.4 Å². The molecule has 1 amide bonds. The van der Waals surface area contributed by atoms with E-state index in [1.165, 1.54) is 25.7 Å². The van der Waals surface area contributed by atoms with Crippen molar-refractivity contribution < 1.29 is 19.4 Å². The van der Waals surface area contributed by atoms with Crippen molar-refractivity contribution in [2.75, 3.05) is 13.1 Å². The molecule has 2 fully saturated rings. The van der Waals surface area contributed by atoms with Gasteiger partial charge in [-0.05, 0) is 41.7 Å². The molecule has 2 N–H and O–H groups in total. The number of carbonyl (C=O) groups excluding carboxylic acids is 1. The molecule has 1 saturated carbocycles. The number of nitrogens with zero attached hydrogens (tertiary/aromatic N) is 2. The van der Waals surface area contributed by atoms with Gasteiger partial charge in [-0.2, -0.15) is 0 Å². The summed E-state index contributed by atoms with van der Waals surface area (Å²) in [5.74, 6) is -0.0266. The number of benzene rings is 2. The van der Waals surface area contributed by atoms with Gasteiger partial charge in [-0.3, -0.25) is 14.7 Å². The van der Waals surface area contributed by atoms with Crippen molar-refractivity contribution in [2.24, 2.45) is 5.92 Å². The molecule has 1 saturated heterocycles. The van der Waals surface area contributed by atoms with Gasteiger partial charge < -0.3 is 19.9 Å². The number of aliphatic hydroxyl groups excluding tert-OH is 1. The average Bonchev–Trinajstić information content (AvgIpc) is 3.56. The molecule has 0 bridgehead atoms. The monoisotopic (exact) mass is 555 g/mol. The van der Waals surface area contributed by atoms with E-state index >= 15 is 0 Å². The van der Waals surface area contributed by atoms with Crippen LogP contribution in [0.3, 0.4) is 0 Å². The van der Waals surface area contributed by atoms with Gasteiger partial charge in [-0.1, -0.05) is 74.4 Å². The Labute approximate surface area is 243 Å². The number of amides is 1. The van der Waals surface area contributed by atoms with Gasteiger partial charge in [0, 0.05) is 49.6 Å². The zero-order valence-corrected chi connectivity index (χ0v) is 23.8. The summed E-state index contributed by atoms with van der Waals surface area (Å²) in [6.45, 7) is 8.33. The van der Waals surface area contributed by atoms with E-state index in [0.717, 1.165) is 35.3 Å². The SMILES string of the molecule is C=CCN(C[C@@H]1O[C@H](c2ccc(CNC(=O)c3cccnc3)cc2)O[C@H](c2ccc(CO)cc2)[C@@H]1C)C1CCCC1. The molecule has 2 heterocycles. The van der Waals surface area contributed by atoms with Crippen LogP contribution in [0.4, 0.5) is 0 Å². The summed E-state index contributed by atoms with van der Waals surface area (Å²) in [5.41, 5.74) is 4.43. The number of aromatic nitrogens is 1. The van der Waals surface area contributed by atoms with Crippen molar-refractivity contribution >= 4 is 5.91 Å². The smallest absolute Gasteiger partial charge is 0.253 e. The molecule has 1 aliphatic carbocycles. The standard InChI is InChI=1S/C34H41N3O4/c1-3-19-37(30-8-4-5-9-30)22-31-24(2)32(27-14-12-26(23-38)13-15-27)41-34(40-31)28-16-10-25(11-17-28)20-36-33(39)29-7-6-18-35-21-29/h3,6-7,10-18,21,24,30-32,34,38H,1,4-5,8-9,19-20,22-23H2,2H3,(H,36,39)/t24-,31+,32+,34+/m1/s1. The molecule has 1 aromatic heterocycles. The van der Waals surface area contributed by atoms with Crippen LogP contribution in [0.25, 0.3) is 0 Å². The summed E-state index contributed by atoms with van der Waals surface area (Å²) >= 11 is 0. The second kappa shape index (κ2) is 14.0. The van der Waals surface area contributed by atoms with Crippen LogP contribution in [0, 0.1) is 5.92 Å². The van der Waals surface area contributed by atoms with Crippen LogP contribution < -0.4 is 5.32 Å². The highest BCUT2D eigenvalue weighted by Crippen LogP contribution is 2.42. The zero-order chi connectivity index (χ0) is 28.6. The largest absolute Gasteiger partial charge is 0.392 e. The molecule has 0 radical (unpaired) electrons. The Morgan fingerprint density at radius 1 is 1.05 bits per heavy atom. The zero-order valence-electron chi connectivity index (χ0n) is 23.8. The van der Waals surface area contributed by atoms with Gasteiger partial charge in [0.15, 0.2) is 6.29 Å². The van der Waals surface area contributed by atoms with Gasteiger partial charge in [0.1, 0.15) is 0 Å². The fraction of sp³-hybridized carbons (Fsp3) is 0.412. The summed E-state index contributed by atoms with van der Waals surface area (Å²) in [6, 6.07) is 20.1. The highest BCUT2D eigenvalue weighted by molar-refractivity contribution is 5.93. The Kier molecular flexibility index (Phi) is 9.96. The Balaban J connectivity index is 1.33. The fourth-order valence-electron chi connectivity index (χ4n) is 5.94. The molecule has 0 spiro atoms. The quantitative estimate of drug-likeness (QED) is 0.294. The van der Waals surface area contributed by atoms with Gasteiger partial charge in [0.25, 0.3) is 5.91 Å². The summed E-state index contributed by atoms with van der Waals surface area (Å²) < 4.78 is 13.3. The fourth-order valence-corrected chi connectivity index (χ4v) is 5.94. The Hall–Kier alpha value is -3.36. The van der Waals surface area contributed by atoms with Crippen molar-refractivity contribution in [1.82, 2.24) is 15.2 Å². The normalized spacial score (nSPS) is 23.0. The molecule has 3 aromatic rings. The maximum absolute atomic E-state index is 12.4. The van der Waals surface area contributed by atoms with Crippen LogP contribution in [0.15, 0.2) is 85.7 Å². The topological polar surface area (TPSA) is 83.9 Å². The van der Waals surface area contributed by atoms with E-state index in [2.05, 4.69) is 40.8 Å². The Morgan fingerprint density at radius 2 is 1.76 bits per heavy atom. The van der Waals surface area contributed by atoms with Crippen LogP contribution >= 0.6 is 0 Å². The maximum atomic E-state index is 12.4. The Bertz CT molecular complexity index is 1260. The minimum absolute atomic E-state index is 0.0165. The van der Waals surface area contributed by atoms with Crippen molar-refractivity contribution in [3.8, 4) is 0 Å². The van der Waals surface area contributed by atoms with Gasteiger partial charge in [-0.25, -0.2) is 0 Å². The molecule has 216 valence electrons. The molecule has 4 atom stereocenters. The lowest BCUT2D eigenvalue weighted by atomic mass is 9.89. The number of ether oxygens (including phenoxy) is 2. The van der Waals surface area contributed by atoms with Crippen LogP contribution in [-0.2, 0) is 22.6 Å². The molecular formula is C34H41N3O4. The highest BCUT2D eigenvalue weighted by Gasteiger charge is 2.40. The Morgan fingerprint density at radius 3 is 2.41 bits per heavy atom. The summed E-state index contributed by atoms with van der Waals surface area (Å²) in [7, 11) is 0. The lowest BCUT2D eigenvalue weighted by molar-refractivity contribution is -0.276. The van der Waals surface area contributed by atoms with Gasteiger partial charge in [0.2, 0.25) is 0 Å². The maximum Gasteiger partial charge on any atom is 0.253 e. The molecule has 1 aliphatic heterocycles. The number of hydrogen-bond donors (Lipinski definition) is 2. The first-order valence-electron chi connectivity index (χ1n) is 14.7. The number of nitrogens with one attached hydrogen (secondary N) is 1. The van der Waals surface area contributed by atoms with E-state index in [1.807, 2.05) is 42.5 Å². The van der Waals surface area contributed by atoms with Crippen LogP contribution in [-0.4, -0.2) is 46.1 Å². The van der Waals surface area contributed by atoms with E-state index < -0.39 is 6.29 Å².